The Morgan fingerprint density at radius 1 is 0.700 bits per heavy atom. The highest BCUT2D eigenvalue weighted by Gasteiger charge is 2.16. The van der Waals surface area contributed by atoms with Gasteiger partial charge < -0.3 is 4.74 Å². The van der Waals surface area contributed by atoms with E-state index in [4.69, 9.17) is 4.74 Å². The number of benzene rings is 4. The quantitative estimate of drug-likeness (QED) is 0.396. The van der Waals surface area contributed by atoms with E-state index >= 15 is 0 Å². The summed E-state index contributed by atoms with van der Waals surface area (Å²) in [5, 5.41) is 2.88. The second kappa shape index (κ2) is 8.66. The van der Waals surface area contributed by atoms with Gasteiger partial charge in [0.1, 0.15) is 5.75 Å². The molecule has 0 saturated carbocycles. The van der Waals surface area contributed by atoms with E-state index in [1.54, 1.807) is 0 Å². The molecule has 4 rings (SSSR count). The van der Waals surface area contributed by atoms with Gasteiger partial charge in [-0.2, -0.15) is 0 Å². The van der Waals surface area contributed by atoms with Gasteiger partial charge in [0.25, 0.3) is 0 Å². The summed E-state index contributed by atoms with van der Waals surface area (Å²) in [5.41, 5.74) is 6.85. The van der Waals surface area contributed by atoms with Crippen LogP contribution in [-0.4, -0.2) is 6.09 Å². The Kier molecular flexibility index (Phi) is 5.62. The second-order valence-electron chi connectivity index (χ2n) is 7.17. The predicted molar refractivity (Wildman–Crippen MR) is 123 cm³/mol. The first-order valence-electron chi connectivity index (χ1n) is 9.92. The molecule has 0 radical (unpaired) electrons. The molecule has 0 spiro atoms. The summed E-state index contributed by atoms with van der Waals surface area (Å²) in [4.78, 5) is 12.7. The summed E-state index contributed by atoms with van der Waals surface area (Å²) >= 11 is 0. The van der Waals surface area contributed by atoms with Crippen molar-refractivity contribution in [3.63, 3.8) is 0 Å². The Bertz CT molecular complexity index is 1170. The molecule has 0 heterocycles. The average Bonchev–Trinajstić information content (AvgIpc) is 2.78. The Balaban J connectivity index is 1.73. The summed E-state index contributed by atoms with van der Waals surface area (Å²) < 4.78 is 5.81. The van der Waals surface area contributed by atoms with Crippen LogP contribution < -0.4 is 10.1 Å². The summed E-state index contributed by atoms with van der Waals surface area (Å²) in [7, 11) is 0. The number of hydrogen-bond donors (Lipinski definition) is 1. The lowest BCUT2D eigenvalue weighted by molar-refractivity contribution is 0.215. The van der Waals surface area contributed by atoms with E-state index in [9.17, 15) is 4.79 Å². The normalized spacial score (nSPS) is 10.5. The van der Waals surface area contributed by atoms with Crippen molar-refractivity contribution in [2.75, 3.05) is 5.32 Å². The third-order valence-electron chi connectivity index (χ3n) is 5.22. The first-order valence-corrected chi connectivity index (χ1v) is 9.92. The van der Waals surface area contributed by atoms with E-state index in [0.717, 1.165) is 39.1 Å². The highest BCUT2D eigenvalue weighted by atomic mass is 16.6. The molecular weight excluding hydrogens is 370 g/mol. The fourth-order valence-corrected chi connectivity index (χ4v) is 3.50. The lowest BCUT2D eigenvalue weighted by Gasteiger charge is -2.16. The number of ether oxygens (including phenoxy) is 1. The minimum absolute atomic E-state index is 0.508. The van der Waals surface area contributed by atoms with Gasteiger partial charge in [-0.3, -0.25) is 5.32 Å². The molecule has 0 bridgehead atoms. The van der Waals surface area contributed by atoms with E-state index in [-0.39, 0.29) is 0 Å². The molecule has 0 aliphatic carbocycles. The molecule has 3 nitrogen and oxygen atoms in total. The van der Waals surface area contributed by atoms with E-state index < -0.39 is 6.09 Å². The number of nitrogens with one attached hydrogen (secondary N) is 1. The zero-order chi connectivity index (χ0) is 20.9. The lowest BCUT2D eigenvalue weighted by Crippen LogP contribution is -2.18. The van der Waals surface area contributed by atoms with Crippen LogP contribution in [0.3, 0.4) is 0 Å². The zero-order valence-electron chi connectivity index (χ0n) is 17.1. The van der Waals surface area contributed by atoms with E-state index in [0.29, 0.717) is 5.75 Å². The molecule has 30 heavy (non-hydrogen) atoms. The Hall–Kier alpha value is -3.85. The van der Waals surface area contributed by atoms with Gasteiger partial charge in [-0.05, 0) is 53.8 Å². The van der Waals surface area contributed by atoms with Crippen molar-refractivity contribution in [2.24, 2.45) is 0 Å². The average molecular weight is 393 g/mol. The summed E-state index contributed by atoms with van der Waals surface area (Å²) in [5.74, 6) is 0.519. The maximum Gasteiger partial charge on any atom is 0.417 e. The molecule has 4 aromatic carbocycles. The lowest BCUT2D eigenvalue weighted by atomic mass is 9.94. The van der Waals surface area contributed by atoms with Crippen LogP contribution in [0.1, 0.15) is 11.1 Å². The standard InChI is InChI=1S/C27H23NO2/c1-19-11-9-17-24(20(19)2)28-27(29)30-25-18-10-16-23(21-12-5-3-6-13-21)26(25)22-14-7-4-8-15-22/h3-18H,1-2H3,(H,28,29). The van der Waals surface area contributed by atoms with Crippen molar-refractivity contribution in [3.8, 4) is 28.0 Å². The second-order valence-corrected chi connectivity index (χ2v) is 7.17. The van der Waals surface area contributed by atoms with Crippen molar-refractivity contribution in [1.82, 2.24) is 0 Å². The molecule has 0 saturated heterocycles. The molecule has 0 atom stereocenters. The minimum atomic E-state index is -0.508. The van der Waals surface area contributed by atoms with Crippen molar-refractivity contribution in [1.29, 1.82) is 0 Å². The first kappa shape index (κ1) is 19.5. The Morgan fingerprint density at radius 2 is 1.33 bits per heavy atom. The number of carbonyl (C=O) groups is 1. The van der Waals surface area contributed by atoms with Crippen molar-refractivity contribution in [2.45, 2.75) is 13.8 Å². The van der Waals surface area contributed by atoms with Crippen LogP contribution in [0.5, 0.6) is 5.75 Å². The van der Waals surface area contributed by atoms with Gasteiger partial charge >= 0.3 is 6.09 Å². The van der Waals surface area contributed by atoms with Gasteiger partial charge in [-0.15, -0.1) is 0 Å². The van der Waals surface area contributed by atoms with Gasteiger partial charge in [0, 0.05) is 11.3 Å². The summed E-state index contributed by atoms with van der Waals surface area (Å²) in [6.45, 7) is 4.00. The minimum Gasteiger partial charge on any atom is -0.409 e. The molecule has 0 aliphatic rings. The van der Waals surface area contributed by atoms with E-state index in [1.165, 1.54) is 0 Å². The Morgan fingerprint density at radius 3 is 2.03 bits per heavy atom. The van der Waals surface area contributed by atoms with Crippen LogP contribution in [-0.2, 0) is 0 Å². The van der Waals surface area contributed by atoms with Gasteiger partial charge in [0.15, 0.2) is 0 Å². The maximum atomic E-state index is 12.7. The van der Waals surface area contributed by atoms with Crippen LogP contribution >= 0.6 is 0 Å². The molecule has 1 amide bonds. The van der Waals surface area contributed by atoms with Crippen LogP contribution in [0.25, 0.3) is 22.3 Å². The molecule has 0 aliphatic heterocycles. The largest absolute Gasteiger partial charge is 0.417 e. The highest BCUT2D eigenvalue weighted by Crippen LogP contribution is 2.39. The molecule has 4 aromatic rings. The molecule has 1 N–H and O–H groups in total. The monoisotopic (exact) mass is 393 g/mol. The molecule has 0 unspecified atom stereocenters. The molecule has 0 aromatic heterocycles. The number of rotatable bonds is 4. The first-order chi connectivity index (χ1) is 14.6. The van der Waals surface area contributed by atoms with E-state index in [1.807, 2.05) is 98.8 Å². The van der Waals surface area contributed by atoms with Crippen LogP contribution in [0.4, 0.5) is 10.5 Å². The number of carbonyl (C=O) groups excluding carboxylic acids is 1. The van der Waals surface area contributed by atoms with Crippen molar-refractivity contribution in [3.05, 3.63) is 108 Å². The van der Waals surface area contributed by atoms with Crippen LogP contribution in [0, 0.1) is 13.8 Å². The molecule has 3 heteroatoms. The molecular formula is C27H23NO2. The fourth-order valence-electron chi connectivity index (χ4n) is 3.50. The number of amides is 1. The third-order valence-corrected chi connectivity index (χ3v) is 5.22. The number of hydrogen-bond acceptors (Lipinski definition) is 2. The van der Waals surface area contributed by atoms with Gasteiger partial charge in [0.05, 0.1) is 0 Å². The maximum absolute atomic E-state index is 12.7. The molecule has 148 valence electrons. The SMILES string of the molecule is Cc1cccc(NC(=O)Oc2cccc(-c3ccccc3)c2-c2ccccc2)c1C. The van der Waals surface area contributed by atoms with Gasteiger partial charge in [-0.25, -0.2) is 4.79 Å². The summed E-state index contributed by atoms with van der Waals surface area (Å²) in [6.07, 6.45) is -0.508. The Labute approximate surface area is 177 Å². The number of anilines is 1. The smallest absolute Gasteiger partial charge is 0.409 e. The third kappa shape index (κ3) is 4.11. The predicted octanol–water partition coefficient (Wildman–Crippen LogP) is 7.25. The van der Waals surface area contributed by atoms with Crippen LogP contribution in [0.15, 0.2) is 97.1 Å². The van der Waals surface area contributed by atoms with Gasteiger partial charge in [0.2, 0.25) is 0 Å². The number of aryl methyl sites for hydroxylation is 1. The highest BCUT2D eigenvalue weighted by molar-refractivity contribution is 5.92. The molecule has 0 fully saturated rings. The van der Waals surface area contributed by atoms with Crippen LogP contribution in [0.2, 0.25) is 0 Å². The summed E-state index contributed by atoms with van der Waals surface area (Å²) in [6, 6.07) is 31.7. The zero-order valence-corrected chi connectivity index (χ0v) is 17.1. The van der Waals surface area contributed by atoms with Gasteiger partial charge in [-0.1, -0.05) is 84.9 Å². The van der Waals surface area contributed by atoms with Crippen molar-refractivity contribution < 1.29 is 9.53 Å². The van der Waals surface area contributed by atoms with Crippen molar-refractivity contribution >= 4 is 11.8 Å². The fraction of sp³-hybridized carbons (Fsp3) is 0.0741. The van der Waals surface area contributed by atoms with E-state index in [2.05, 4.69) is 17.4 Å². The topological polar surface area (TPSA) is 38.3 Å².